The van der Waals surface area contributed by atoms with Gasteiger partial charge in [0.25, 0.3) is 5.91 Å². The first-order valence-electron chi connectivity index (χ1n) is 11.4. The van der Waals surface area contributed by atoms with Crippen LogP contribution >= 0.6 is 11.6 Å². The molecule has 0 saturated carbocycles. The standard InChI is InChI=1S/C24H36ClN3O2/c1-4-5-6-20(16-30-15-18-9-11-28(12-10-18)17(2)3)27-24(29)19-7-8-21-22(25)14-26-23(21)13-19/h7-8,13-14,17-18,20,26H,4-6,9-12,15-16H2,1-3H3,(H,27,29)/t20-/m1/s1. The topological polar surface area (TPSA) is 57.4 Å². The maximum absolute atomic E-state index is 12.8. The fourth-order valence-corrected chi connectivity index (χ4v) is 4.38. The van der Waals surface area contributed by atoms with Crippen LogP contribution in [0.5, 0.6) is 0 Å². The summed E-state index contributed by atoms with van der Waals surface area (Å²) in [6, 6.07) is 6.25. The van der Waals surface area contributed by atoms with Crippen LogP contribution in [0.3, 0.4) is 0 Å². The van der Waals surface area contributed by atoms with Gasteiger partial charge in [-0.3, -0.25) is 4.79 Å². The van der Waals surface area contributed by atoms with E-state index >= 15 is 0 Å². The number of nitrogens with one attached hydrogen (secondary N) is 2. The second-order valence-corrected chi connectivity index (χ2v) is 9.23. The van der Waals surface area contributed by atoms with Gasteiger partial charge in [0.05, 0.1) is 17.7 Å². The van der Waals surface area contributed by atoms with Crippen LogP contribution < -0.4 is 5.32 Å². The molecule has 30 heavy (non-hydrogen) atoms. The van der Waals surface area contributed by atoms with E-state index in [0.717, 1.165) is 49.9 Å². The second kappa shape index (κ2) is 11.2. The van der Waals surface area contributed by atoms with Crippen molar-refractivity contribution >= 4 is 28.4 Å². The number of H-pyrrole nitrogens is 1. The van der Waals surface area contributed by atoms with Crippen LogP contribution in [0.25, 0.3) is 10.9 Å². The van der Waals surface area contributed by atoms with Gasteiger partial charge in [0, 0.05) is 35.3 Å². The van der Waals surface area contributed by atoms with E-state index in [0.29, 0.717) is 29.2 Å². The van der Waals surface area contributed by atoms with Gasteiger partial charge >= 0.3 is 0 Å². The lowest BCUT2D eigenvalue weighted by molar-refractivity contribution is 0.0461. The Labute approximate surface area is 185 Å². The third-order valence-corrected chi connectivity index (χ3v) is 6.50. The number of fused-ring (bicyclic) bond motifs is 1. The van der Waals surface area contributed by atoms with Crippen molar-refractivity contribution in [2.24, 2.45) is 5.92 Å². The molecule has 1 fully saturated rings. The molecule has 3 rings (SSSR count). The van der Waals surface area contributed by atoms with Crippen molar-refractivity contribution in [2.45, 2.75) is 65.0 Å². The molecule has 1 aliphatic heterocycles. The van der Waals surface area contributed by atoms with Crippen LogP contribution in [-0.4, -0.2) is 54.2 Å². The predicted octanol–water partition coefficient (Wildman–Crippen LogP) is 5.25. The van der Waals surface area contributed by atoms with E-state index in [1.807, 2.05) is 18.2 Å². The van der Waals surface area contributed by atoms with Crippen molar-refractivity contribution in [2.75, 3.05) is 26.3 Å². The Morgan fingerprint density at radius 3 is 2.80 bits per heavy atom. The van der Waals surface area contributed by atoms with Crippen molar-refractivity contribution in [1.29, 1.82) is 0 Å². The minimum atomic E-state index is -0.0578. The summed E-state index contributed by atoms with van der Waals surface area (Å²) in [5.41, 5.74) is 1.52. The summed E-state index contributed by atoms with van der Waals surface area (Å²) in [5, 5.41) is 4.78. The van der Waals surface area contributed by atoms with Gasteiger partial charge in [0.2, 0.25) is 0 Å². The Kier molecular flexibility index (Phi) is 8.61. The number of amides is 1. The predicted molar refractivity (Wildman–Crippen MR) is 124 cm³/mol. The summed E-state index contributed by atoms with van der Waals surface area (Å²) < 4.78 is 6.08. The largest absolute Gasteiger partial charge is 0.379 e. The highest BCUT2D eigenvalue weighted by atomic mass is 35.5. The average Bonchev–Trinajstić information content (AvgIpc) is 3.12. The fourth-order valence-electron chi connectivity index (χ4n) is 4.16. The van der Waals surface area contributed by atoms with Crippen LogP contribution in [0.4, 0.5) is 0 Å². The van der Waals surface area contributed by atoms with E-state index < -0.39 is 0 Å². The number of nitrogens with zero attached hydrogens (tertiary/aromatic N) is 1. The number of ether oxygens (including phenoxy) is 1. The first-order valence-corrected chi connectivity index (χ1v) is 11.7. The molecule has 0 aliphatic carbocycles. The first-order chi connectivity index (χ1) is 14.5. The maximum Gasteiger partial charge on any atom is 0.251 e. The molecule has 0 spiro atoms. The van der Waals surface area contributed by atoms with Gasteiger partial charge < -0.3 is 19.9 Å². The number of likely N-dealkylation sites (tertiary alicyclic amines) is 1. The molecule has 1 amide bonds. The molecule has 0 unspecified atom stereocenters. The number of hydrogen-bond donors (Lipinski definition) is 2. The number of rotatable bonds is 10. The van der Waals surface area contributed by atoms with Gasteiger partial charge in [-0.25, -0.2) is 0 Å². The highest BCUT2D eigenvalue weighted by Gasteiger charge is 2.22. The quantitative estimate of drug-likeness (QED) is 0.538. The molecule has 1 aromatic heterocycles. The summed E-state index contributed by atoms with van der Waals surface area (Å²) >= 11 is 6.14. The van der Waals surface area contributed by atoms with Crippen LogP contribution in [-0.2, 0) is 4.74 Å². The Bertz CT molecular complexity index is 812. The monoisotopic (exact) mass is 433 g/mol. The molecule has 2 N–H and O–H groups in total. The Hall–Kier alpha value is -1.56. The zero-order valence-corrected chi connectivity index (χ0v) is 19.3. The summed E-state index contributed by atoms with van der Waals surface area (Å²) in [4.78, 5) is 18.5. The average molecular weight is 434 g/mol. The van der Waals surface area contributed by atoms with Crippen molar-refractivity contribution in [3.63, 3.8) is 0 Å². The number of carbonyl (C=O) groups is 1. The van der Waals surface area contributed by atoms with Crippen LogP contribution in [0, 0.1) is 5.92 Å². The fraction of sp³-hybridized carbons (Fsp3) is 0.625. The second-order valence-electron chi connectivity index (χ2n) is 8.82. The smallest absolute Gasteiger partial charge is 0.251 e. The van der Waals surface area contributed by atoms with Gasteiger partial charge in [-0.05, 0) is 64.3 Å². The van der Waals surface area contributed by atoms with Gasteiger partial charge in [0.1, 0.15) is 0 Å². The van der Waals surface area contributed by atoms with Crippen molar-refractivity contribution < 1.29 is 9.53 Å². The highest BCUT2D eigenvalue weighted by Crippen LogP contribution is 2.24. The molecule has 2 heterocycles. The number of halogens is 1. The van der Waals surface area contributed by atoms with Gasteiger partial charge in [-0.15, -0.1) is 0 Å². The van der Waals surface area contributed by atoms with E-state index in [9.17, 15) is 4.79 Å². The molecule has 5 nitrogen and oxygen atoms in total. The number of aromatic nitrogens is 1. The molecule has 6 heteroatoms. The molecule has 0 bridgehead atoms. The number of hydrogen-bond acceptors (Lipinski definition) is 3. The van der Waals surface area contributed by atoms with Crippen molar-refractivity contribution in [3.05, 3.63) is 35.0 Å². The number of aromatic amines is 1. The first kappa shape index (κ1) is 23.1. The van der Waals surface area contributed by atoms with E-state index in [2.05, 4.69) is 36.0 Å². The molecule has 1 aromatic carbocycles. The summed E-state index contributed by atoms with van der Waals surface area (Å²) in [5.74, 6) is 0.570. The Balaban J connectivity index is 1.50. The van der Waals surface area contributed by atoms with E-state index in [4.69, 9.17) is 16.3 Å². The number of benzene rings is 1. The zero-order chi connectivity index (χ0) is 21.5. The molecule has 1 aliphatic rings. The van der Waals surface area contributed by atoms with Crippen molar-refractivity contribution in [1.82, 2.24) is 15.2 Å². The number of carbonyl (C=O) groups excluding carboxylic acids is 1. The van der Waals surface area contributed by atoms with Gasteiger partial charge in [-0.2, -0.15) is 0 Å². The minimum Gasteiger partial charge on any atom is -0.379 e. The molecule has 166 valence electrons. The van der Waals surface area contributed by atoms with E-state index in [1.54, 1.807) is 6.20 Å². The van der Waals surface area contributed by atoms with Crippen LogP contribution in [0.2, 0.25) is 5.02 Å². The summed E-state index contributed by atoms with van der Waals surface area (Å²) in [6.45, 7) is 10.4. The number of piperidine rings is 1. The molecule has 2 aromatic rings. The number of unbranched alkanes of at least 4 members (excludes halogenated alkanes) is 1. The molecule has 1 saturated heterocycles. The summed E-state index contributed by atoms with van der Waals surface area (Å²) in [7, 11) is 0. The summed E-state index contributed by atoms with van der Waals surface area (Å²) in [6.07, 6.45) is 7.26. The zero-order valence-electron chi connectivity index (χ0n) is 18.5. The SMILES string of the molecule is CCCC[C@H](COCC1CCN(C(C)C)CC1)NC(=O)c1ccc2c(Cl)c[nH]c2c1. The maximum atomic E-state index is 12.8. The van der Waals surface area contributed by atoms with Crippen LogP contribution in [0.15, 0.2) is 24.4 Å². The highest BCUT2D eigenvalue weighted by molar-refractivity contribution is 6.35. The lowest BCUT2D eigenvalue weighted by atomic mass is 9.97. The van der Waals surface area contributed by atoms with E-state index in [1.165, 1.54) is 12.8 Å². The third kappa shape index (κ3) is 6.22. The normalized spacial score (nSPS) is 17.0. The Morgan fingerprint density at radius 2 is 2.10 bits per heavy atom. The molecule has 1 atom stereocenters. The molecule has 0 radical (unpaired) electrons. The van der Waals surface area contributed by atoms with Crippen LogP contribution in [0.1, 0.15) is 63.2 Å². The minimum absolute atomic E-state index is 0.0381. The lowest BCUT2D eigenvalue weighted by Gasteiger charge is -2.34. The van der Waals surface area contributed by atoms with Crippen molar-refractivity contribution in [3.8, 4) is 0 Å². The van der Waals surface area contributed by atoms with Gasteiger partial charge in [-0.1, -0.05) is 37.4 Å². The molecular formula is C24H36ClN3O2. The molecular weight excluding hydrogens is 398 g/mol. The lowest BCUT2D eigenvalue weighted by Crippen LogP contribution is -2.41. The third-order valence-electron chi connectivity index (χ3n) is 6.19. The van der Waals surface area contributed by atoms with E-state index in [-0.39, 0.29) is 11.9 Å². The Morgan fingerprint density at radius 1 is 1.33 bits per heavy atom. The van der Waals surface area contributed by atoms with Gasteiger partial charge in [0.15, 0.2) is 0 Å².